The maximum absolute atomic E-state index is 9.97. The second kappa shape index (κ2) is 11.5. The predicted molar refractivity (Wildman–Crippen MR) is 67.6 cm³/mol. The van der Waals surface area contributed by atoms with Crippen LogP contribution in [0.25, 0.3) is 0 Å². The molecular weight excluding hydrogens is 567 g/mol. The predicted octanol–water partition coefficient (Wildman–Crippen LogP) is -1.45. The van der Waals surface area contributed by atoms with Crippen molar-refractivity contribution in [1.82, 2.24) is 4.98 Å². The van der Waals surface area contributed by atoms with Gasteiger partial charge in [0.2, 0.25) is 0 Å². The van der Waals surface area contributed by atoms with Gasteiger partial charge in [-0.15, -0.1) is 0 Å². The SMILES string of the molecule is NCc1ccccn1.O=C([O-])C(Br)C(Br)C(=O)[O-].[Pt+2]. The zero-order chi connectivity index (χ0) is 14.1. The second-order valence-electron chi connectivity index (χ2n) is 2.97. The van der Waals surface area contributed by atoms with Crippen LogP contribution in [0, 0.1) is 0 Å². The molecule has 0 radical (unpaired) electrons. The number of aliphatic carboxylic acids is 2. The fourth-order valence-electron chi connectivity index (χ4n) is 0.758. The van der Waals surface area contributed by atoms with Crippen LogP contribution >= 0.6 is 31.9 Å². The van der Waals surface area contributed by atoms with Gasteiger partial charge < -0.3 is 25.5 Å². The minimum Gasteiger partial charge on any atom is -0.549 e. The van der Waals surface area contributed by atoms with Gasteiger partial charge in [0.05, 0.1) is 27.3 Å². The van der Waals surface area contributed by atoms with Crippen LogP contribution in [0.5, 0.6) is 0 Å². The van der Waals surface area contributed by atoms with Crippen LogP contribution < -0.4 is 15.9 Å². The number of hydrogen-bond donors (Lipinski definition) is 1. The van der Waals surface area contributed by atoms with Gasteiger partial charge >= 0.3 is 21.1 Å². The molecule has 0 saturated carbocycles. The summed E-state index contributed by atoms with van der Waals surface area (Å²) < 4.78 is 0. The summed E-state index contributed by atoms with van der Waals surface area (Å²) >= 11 is 5.16. The number of halogens is 2. The molecular formula is C10H10Br2N2O4Pt. The molecule has 6 nitrogen and oxygen atoms in total. The first-order valence-corrected chi connectivity index (χ1v) is 6.53. The summed E-state index contributed by atoms with van der Waals surface area (Å²) in [6.45, 7) is 0.529. The Morgan fingerprint density at radius 2 is 1.68 bits per heavy atom. The Hall–Kier alpha value is -0.302. The molecule has 2 atom stereocenters. The van der Waals surface area contributed by atoms with Crippen molar-refractivity contribution in [3.8, 4) is 0 Å². The van der Waals surface area contributed by atoms with Crippen molar-refractivity contribution in [3.05, 3.63) is 30.1 Å². The van der Waals surface area contributed by atoms with Crippen LogP contribution in [0.2, 0.25) is 0 Å². The molecule has 0 saturated heterocycles. The van der Waals surface area contributed by atoms with Crippen molar-refractivity contribution >= 4 is 43.8 Å². The van der Waals surface area contributed by atoms with E-state index in [0.717, 1.165) is 5.69 Å². The Morgan fingerprint density at radius 1 is 1.21 bits per heavy atom. The first-order chi connectivity index (χ1) is 8.40. The van der Waals surface area contributed by atoms with Gasteiger partial charge in [0.25, 0.3) is 0 Å². The van der Waals surface area contributed by atoms with Gasteiger partial charge in [-0.2, -0.15) is 0 Å². The summed E-state index contributed by atoms with van der Waals surface area (Å²) in [5.74, 6) is -2.99. The average Bonchev–Trinajstić information content (AvgIpc) is 2.38. The molecule has 1 heterocycles. The molecule has 1 aromatic heterocycles. The Labute approximate surface area is 141 Å². The summed E-state index contributed by atoms with van der Waals surface area (Å²) in [4.78, 5) is 21.4. The van der Waals surface area contributed by atoms with Crippen molar-refractivity contribution in [2.75, 3.05) is 0 Å². The number of nitrogens with zero attached hydrogens (tertiary/aromatic N) is 1. The van der Waals surface area contributed by atoms with Crippen LogP contribution in [0.15, 0.2) is 24.4 Å². The molecule has 0 spiro atoms. The topological polar surface area (TPSA) is 119 Å². The number of carbonyl (C=O) groups excluding carboxylic acids is 2. The molecule has 9 heteroatoms. The Morgan fingerprint density at radius 3 is 1.89 bits per heavy atom. The van der Waals surface area contributed by atoms with E-state index in [1.165, 1.54) is 0 Å². The van der Waals surface area contributed by atoms with Gasteiger partial charge in [-0.05, 0) is 12.1 Å². The Balaban J connectivity index is 0. The molecule has 19 heavy (non-hydrogen) atoms. The number of pyridine rings is 1. The minimum atomic E-state index is -1.49. The quantitative estimate of drug-likeness (QED) is 0.438. The molecule has 0 aromatic carbocycles. The first kappa shape index (κ1) is 21.0. The second-order valence-corrected chi connectivity index (χ2v) is 4.94. The van der Waals surface area contributed by atoms with Crippen LogP contribution in [0.3, 0.4) is 0 Å². The van der Waals surface area contributed by atoms with Gasteiger partial charge in [0.1, 0.15) is 0 Å². The number of rotatable bonds is 4. The van der Waals surface area contributed by atoms with Crippen LogP contribution in [-0.2, 0) is 37.2 Å². The standard InChI is InChI=1S/C6H8N2.C4H4Br2O4.Pt/c7-5-6-3-1-2-4-8-6;5-1(3(7)8)2(6)4(9)10;/h1-4H,5,7H2;1-2H,(H,7,8)(H,9,10);/q;;+2/p-2. The van der Waals surface area contributed by atoms with E-state index in [4.69, 9.17) is 5.73 Å². The molecule has 0 fully saturated rings. The summed E-state index contributed by atoms with van der Waals surface area (Å²) in [5.41, 5.74) is 6.22. The van der Waals surface area contributed by atoms with Gasteiger partial charge in [-0.25, -0.2) is 0 Å². The van der Waals surface area contributed by atoms with Gasteiger partial charge in [-0.3, -0.25) is 4.98 Å². The van der Waals surface area contributed by atoms with E-state index in [1.54, 1.807) is 6.20 Å². The number of carbonyl (C=O) groups is 2. The largest absolute Gasteiger partial charge is 2.00 e. The normalized spacial score (nSPS) is 12.2. The van der Waals surface area contributed by atoms with E-state index in [2.05, 4.69) is 36.8 Å². The van der Waals surface area contributed by atoms with Crippen molar-refractivity contribution < 1.29 is 40.9 Å². The fraction of sp³-hybridized carbons (Fsp3) is 0.300. The third-order valence-electron chi connectivity index (χ3n) is 1.64. The fourth-order valence-corrected chi connectivity index (χ4v) is 1.19. The molecule has 1 rings (SSSR count). The zero-order valence-electron chi connectivity index (χ0n) is 9.40. The van der Waals surface area contributed by atoms with Gasteiger partial charge in [0, 0.05) is 12.7 Å². The number of aromatic nitrogens is 1. The summed E-state index contributed by atoms with van der Waals surface area (Å²) in [6.07, 6.45) is 1.74. The number of nitrogens with two attached hydrogens (primary N) is 1. The molecule has 0 bridgehead atoms. The maximum Gasteiger partial charge on any atom is 2.00 e. The summed E-state index contributed by atoms with van der Waals surface area (Å²) in [5, 5.41) is 19.9. The molecule has 108 valence electrons. The number of alkyl halides is 2. The monoisotopic (exact) mass is 575 g/mol. The Kier molecular flexibility index (Phi) is 12.7. The molecule has 1 aromatic rings. The number of hydrogen-bond acceptors (Lipinski definition) is 6. The van der Waals surface area contributed by atoms with Crippen molar-refractivity contribution in [2.24, 2.45) is 5.73 Å². The minimum absolute atomic E-state index is 0. The van der Waals surface area contributed by atoms with E-state index in [-0.39, 0.29) is 21.1 Å². The Bertz CT molecular complexity index is 376. The first-order valence-electron chi connectivity index (χ1n) is 4.70. The maximum atomic E-state index is 9.97. The smallest absolute Gasteiger partial charge is 0.549 e. The molecule has 2 N–H and O–H groups in total. The number of carboxylic acids is 2. The van der Waals surface area contributed by atoms with Crippen molar-refractivity contribution in [2.45, 2.75) is 16.2 Å². The van der Waals surface area contributed by atoms with E-state index >= 15 is 0 Å². The molecule has 2 unspecified atom stereocenters. The summed E-state index contributed by atoms with van der Waals surface area (Å²) in [6, 6.07) is 5.70. The van der Waals surface area contributed by atoms with Crippen LogP contribution in [0.1, 0.15) is 5.69 Å². The number of carboxylic acid groups (broad SMARTS) is 2. The third kappa shape index (κ3) is 9.26. The molecule has 0 aliphatic rings. The summed E-state index contributed by atoms with van der Waals surface area (Å²) in [7, 11) is 0. The van der Waals surface area contributed by atoms with E-state index in [1.807, 2.05) is 18.2 Å². The zero-order valence-corrected chi connectivity index (χ0v) is 14.8. The molecule has 0 aliphatic carbocycles. The van der Waals surface area contributed by atoms with Crippen LogP contribution in [0.4, 0.5) is 0 Å². The average molecular weight is 577 g/mol. The van der Waals surface area contributed by atoms with E-state index in [0.29, 0.717) is 6.54 Å². The van der Waals surface area contributed by atoms with E-state index in [9.17, 15) is 19.8 Å². The van der Waals surface area contributed by atoms with Crippen molar-refractivity contribution in [1.29, 1.82) is 0 Å². The molecule has 0 aliphatic heterocycles. The van der Waals surface area contributed by atoms with E-state index < -0.39 is 21.6 Å². The van der Waals surface area contributed by atoms with Crippen molar-refractivity contribution in [3.63, 3.8) is 0 Å². The van der Waals surface area contributed by atoms with Gasteiger partial charge in [0.15, 0.2) is 0 Å². The van der Waals surface area contributed by atoms with Crippen LogP contribution in [-0.4, -0.2) is 26.6 Å². The third-order valence-corrected chi connectivity index (χ3v) is 4.16. The molecule has 0 amide bonds. The van der Waals surface area contributed by atoms with Gasteiger partial charge in [-0.1, -0.05) is 37.9 Å².